The van der Waals surface area contributed by atoms with Gasteiger partial charge in [-0.3, -0.25) is 0 Å². The number of aryl methyl sites for hydroxylation is 3. The van der Waals surface area contributed by atoms with Crippen molar-refractivity contribution in [2.24, 2.45) is 0 Å². The topological polar surface area (TPSA) is 43.1 Å². The molecule has 3 aromatic heterocycles. The van der Waals surface area contributed by atoms with E-state index in [0.29, 0.717) is 0 Å². The van der Waals surface area contributed by atoms with Crippen LogP contribution in [0.2, 0.25) is 0 Å². The Labute approximate surface area is 104 Å². The molecule has 0 atom stereocenters. The molecule has 0 bridgehead atoms. The van der Waals surface area contributed by atoms with Gasteiger partial charge in [-0.25, -0.2) is 14.5 Å². The first-order valence-electron chi connectivity index (χ1n) is 5.39. The van der Waals surface area contributed by atoms with E-state index in [1.165, 1.54) is 0 Å². The zero-order chi connectivity index (χ0) is 12.2. The van der Waals surface area contributed by atoms with Crippen LogP contribution < -0.4 is 0 Å². The van der Waals surface area contributed by atoms with Gasteiger partial charge in [-0.15, -0.1) is 17.7 Å². The van der Waals surface area contributed by atoms with Crippen molar-refractivity contribution in [2.45, 2.75) is 25.8 Å². The predicted molar refractivity (Wildman–Crippen MR) is 69.8 cm³/mol. The summed E-state index contributed by atoms with van der Waals surface area (Å²) in [5, 5.41) is 6.23. The minimum Gasteiger partial charge on any atom is -0.233 e. The summed E-state index contributed by atoms with van der Waals surface area (Å²) < 4.78 is 1.74. The van der Waals surface area contributed by atoms with Crippen LogP contribution in [0.4, 0.5) is 0 Å². The van der Waals surface area contributed by atoms with Crippen molar-refractivity contribution in [3.05, 3.63) is 29.1 Å². The Morgan fingerprint density at radius 2 is 1.76 bits per heavy atom. The molecule has 0 N–H and O–H groups in total. The van der Waals surface area contributed by atoms with Gasteiger partial charge in [0, 0.05) is 11.4 Å². The molecule has 0 aliphatic carbocycles. The first-order chi connectivity index (χ1) is 8.06. The third kappa shape index (κ3) is 1.50. The first-order valence-corrected chi connectivity index (χ1v) is 5.84. The molecule has 86 valence electrons. The highest BCUT2D eigenvalue weighted by Gasteiger charge is 2.12. The molecule has 0 spiro atoms. The lowest BCUT2D eigenvalue weighted by atomic mass is 10.2. The summed E-state index contributed by atoms with van der Waals surface area (Å²) in [6, 6.07) is 3.94. The molecule has 0 fully saturated rings. The Kier molecular flexibility index (Phi) is 2.13. The number of hydrogen-bond acceptors (Lipinski definition) is 4. The van der Waals surface area contributed by atoms with Gasteiger partial charge in [-0.1, -0.05) is 0 Å². The summed E-state index contributed by atoms with van der Waals surface area (Å²) in [5.41, 5.74) is 4.61. The van der Waals surface area contributed by atoms with Crippen LogP contribution in [-0.2, 0) is 0 Å². The van der Waals surface area contributed by atoms with Crippen LogP contribution in [0, 0.1) is 20.8 Å². The fourth-order valence-corrected chi connectivity index (χ4v) is 2.45. The lowest BCUT2D eigenvalue weighted by Gasteiger charge is -2.00. The number of nitrogens with zero attached hydrogens (tertiary/aromatic N) is 4. The van der Waals surface area contributed by atoms with E-state index in [-0.39, 0.29) is 0 Å². The van der Waals surface area contributed by atoms with Gasteiger partial charge in [0.2, 0.25) is 0 Å². The second-order valence-electron chi connectivity index (χ2n) is 4.27. The highest BCUT2D eigenvalue weighted by Crippen LogP contribution is 2.23. The molecule has 0 amide bonds. The van der Waals surface area contributed by atoms with E-state index in [0.717, 1.165) is 38.7 Å². The molecule has 3 rings (SSSR count). The van der Waals surface area contributed by atoms with Crippen molar-refractivity contribution in [1.82, 2.24) is 19.6 Å². The summed E-state index contributed by atoms with van der Waals surface area (Å²) >= 11 is 4.42. The Balaban J connectivity index is 2.60. The Hall–Kier alpha value is -1.62. The van der Waals surface area contributed by atoms with Crippen molar-refractivity contribution in [3.63, 3.8) is 0 Å². The minimum atomic E-state index is 0.732. The van der Waals surface area contributed by atoms with Crippen LogP contribution >= 0.6 is 12.6 Å². The van der Waals surface area contributed by atoms with Gasteiger partial charge in [-0.2, -0.15) is 0 Å². The third-order valence-corrected chi connectivity index (χ3v) is 3.10. The number of fused-ring (bicyclic) bond motifs is 3. The normalized spacial score (nSPS) is 11.5. The maximum absolute atomic E-state index is 4.53. The zero-order valence-electron chi connectivity index (χ0n) is 9.89. The Bertz CT molecular complexity index is 745. The second-order valence-corrected chi connectivity index (χ2v) is 4.73. The number of hydrogen-bond donors (Lipinski definition) is 1. The van der Waals surface area contributed by atoms with E-state index < -0.39 is 0 Å². The predicted octanol–water partition coefficient (Wildman–Crippen LogP) is 2.49. The van der Waals surface area contributed by atoms with Gasteiger partial charge in [-0.05, 0) is 38.5 Å². The van der Waals surface area contributed by atoms with Gasteiger partial charge < -0.3 is 0 Å². The maximum Gasteiger partial charge on any atom is 0.184 e. The lowest BCUT2D eigenvalue weighted by Crippen LogP contribution is -1.94. The molecule has 0 radical (unpaired) electrons. The van der Waals surface area contributed by atoms with Crippen molar-refractivity contribution in [2.75, 3.05) is 0 Å². The molecule has 3 heterocycles. The fraction of sp³-hybridized carbons (Fsp3) is 0.250. The summed E-state index contributed by atoms with van der Waals surface area (Å²) in [5.74, 6) is 0. The van der Waals surface area contributed by atoms with E-state index in [2.05, 4.69) is 34.6 Å². The fourth-order valence-electron chi connectivity index (χ4n) is 2.12. The molecular weight excluding hydrogens is 232 g/mol. The monoisotopic (exact) mass is 244 g/mol. The average Bonchev–Trinajstić information content (AvgIpc) is 2.56. The smallest absolute Gasteiger partial charge is 0.184 e. The molecular formula is C12H12N4S. The minimum absolute atomic E-state index is 0.732. The van der Waals surface area contributed by atoms with Crippen molar-refractivity contribution in [3.8, 4) is 0 Å². The SMILES string of the molecule is Cc1cc(C)c2c(n1)nn1c(S)cc(C)nc21. The second kappa shape index (κ2) is 3.43. The van der Waals surface area contributed by atoms with Gasteiger partial charge in [0.05, 0.1) is 10.4 Å². The van der Waals surface area contributed by atoms with E-state index in [1.54, 1.807) is 4.52 Å². The molecule has 5 heteroatoms. The van der Waals surface area contributed by atoms with Crippen LogP contribution in [0.25, 0.3) is 16.7 Å². The molecule has 17 heavy (non-hydrogen) atoms. The van der Waals surface area contributed by atoms with Gasteiger partial charge in [0.25, 0.3) is 0 Å². The van der Waals surface area contributed by atoms with E-state index in [9.17, 15) is 0 Å². The third-order valence-electron chi connectivity index (χ3n) is 2.78. The molecule has 0 saturated carbocycles. The molecule has 0 aliphatic rings. The molecule has 0 unspecified atom stereocenters. The average molecular weight is 244 g/mol. The summed E-state index contributed by atoms with van der Waals surface area (Å²) in [6.45, 7) is 5.98. The largest absolute Gasteiger partial charge is 0.233 e. The quantitative estimate of drug-likeness (QED) is 0.488. The standard InChI is InChI=1S/C12H12N4S/c1-6-4-7(2)13-11-10(6)12-14-8(3)5-9(17)16(12)15-11/h4-5,17H,1-3H3. The van der Waals surface area contributed by atoms with Crippen molar-refractivity contribution >= 4 is 29.3 Å². The molecule has 0 saturated heterocycles. The van der Waals surface area contributed by atoms with Crippen LogP contribution in [0.1, 0.15) is 17.0 Å². The van der Waals surface area contributed by atoms with Crippen molar-refractivity contribution in [1.29, 1.82) is 0 Å². The van der Waals surface area contributed by atoms with E-state index >= 15 is 0 Å². The number of pyridine rings is 1. The number of rotatable bonds is 0. The van der Waals surface area contributed by atoms with Gasteiger partial charge in [0.1, 0.15) is 0 Å². The van der Waals surface area contributed by atoms with Gasteiger partial charge >= 0.3 is 0 Å². The summed E-state index contributed by atoms with van der Waals surface area (Å²) in [7, 11) is 0. The Morgan fingerprint density at radius 3 is 2.53 bits per heavy atom. The lowest BCUT2D eigenvalue weighted by molar-refractivity contribution is 0.844. The zero-order valence-corrected chi connectivity index (χ0v) is 10.8. The van der Waals surface area contributed by atoms with Crippen LogP contribution in [-0.4, -0.2) is 19.6 Å². The van der Waals surface area contributed by atoms with E-state index in [4.69, 9.17) is 0 Å². The highest BCUT2D eigenvalue weighted by atomic mass is 32.1. The summed E-state index contributed by atoms with van der Waals surface area (Å²) in [4.78, 5) is 8.97. The van der Waals surface area contributed by atoms with Crippen molar-refractivity contribution < 1.29 is 0 Å². The Morgan fingerprint density at radius 1 is 1.06 bits per heavy atom. The van der Waals surface area contributed by atoms with Gasteiger partial charge in [0.15, 0.2) is 11.3 Å². The molecule has 3 aromatic rings. The molecule has 0 aromatic carbocycles. The first kappa shape index (κ1) is 10.5. The molecule has 4 nitrogen and oxygen atoms in total. The summed E-state index contributed by atoms with van der Waals surface area (Å²) in [6.07, 6.45) is 0. The van der Waals surface area contributed by atoms with E-state index in [1.807, 2.05) is 26.0 Å². The van der Waals surface area contributed by atoms with Crippen LogP contribution in [0.15, 0.2) is 17.2 Å². The maximum atomic E-state index is 4.53. The van der Waals surface area contributed by atoms with Crippen LogP contribution in [0.5, 0.6) is 0 Å². The highest BCUT2D eigenvalue weighted by molar-refractivity contribution is 7.80. The number of aromatic nitrogens is 4. The molecule has 0 aliphatic heterocycles. The van der Waals surface area contributed by atoms with Crippen LogP contribution in [0.3, 0.4) is 0 Å². The number of thiol groups is 1.